The zero-order chi connectivity index (χ0) is 20.9. The summed E-state index contributed by atoms with van der Waals surface area (Å²) in [7, 11) is -3.66. The number of ether oxygens (including phenoxy) is 1. The molecule has 1 atom stereocenters. The van der Waals surface area contributed by atoms with Crippen LogP contribution in [0.4, 0.5) is 11.4 Å². The maximum absolute atomic E-state index is 12.9. The van der Waals surface area contributed by atoms with Crippen LogP contribution >= 0.6 is 0 Å². The average molecular weight is 405 g/mol. The van der Waals surface area contributed by atoms with Crippen LogP contribution in [-0.2, 0) is 14.8 Å². The number of carbonyl (C=O) groups excluding carboxylic acids is 1. The quantitative estimate of drug-likeness (QED) is 0.724. The van der Waals surface area contributed by atoms with Crippen LogP contribution in [0.25, 0.3) is 0 Å². The average Bonchev–Trinajstić information content (AvgIpc) is 2.59. The predicted molar refractivity (Wildman–Crippen MR) is 114 cm³/mol. The highest BCUT2D eigenvalue weighted by molar-refractivity contribution is 7.92. The van der Waals surface area contributed by atoms with Crippen molar-refractivity contribution in [2.75, 3.05) is 22.5 Å². The molecule has 0 aliphatic heterocycles. The van der Waals surface area contributed by atoms with Gasteiger partial charge < -0.3 is 10.1 Å². The van der Waals surface area contributed by atoms with Crippen molar-refractivity contribution in [2.24, 2.45) is 0 Å². The Morgan fingerprint density at radius 1 is 1.07 bits per heavy atom. The Bertz CT molecular complexity index is 904. The van der Waals surface area contributed by atoms with Gasteiger partial charge in [0, 0.05) is 5.69 Å². The van der Waals surface area contributed by atoms with Gasteiger partial charge in [-0.25, -0.2) is 8.42 Å². The number of anilines is 2. The van der Waals surface area contributed by atoms with E-state index in [2.05, 4.69) is 5.32 Å². The Labute approximate surface area is 167 Å². The van der Waals surface area contributed by atoms with Gasteiger partial charge in [0.15, 0.2) is 0 Å². The second-order valence-electron chi connectivity index (χ2n) is 6.78. The van der Waals surface area contributed by atoms with Crippen molar-refractivity contribution in [1.29, 1.82) is 0 Å². The second-order valence-corrected chi connectivity index (χ2v) is 8.63. The van der Waals surface area contributed by atoms with E-state index in [-0.39, 0.29) is 5.91 Å². The molecule has 0 heterocycles. The van der Waals surface area contributed by atoms with Crippen molar-refractivity contribution in [1.82, 2.24) is 0 Å². The van der Waals surface area contributed by atoms with Crippen LogP contribution in [0.15, 0.2) is 42.5 Å². The van der Waals surface area contributed by atoms with E-state index in [9.17, 15) is 13.2 Å². The Hall–Kier alpha value is -2.54. The lowest BCUT2D eigenvalue weighted by atomic mass is 10.1. The van der Waals surface area contributed by atoms with Gasteiger partial charge in [-0.1, -0.05) is 13.0 Å². The summed E-state index contributed by atoms with van der Waals surface area (Å²) in [5.41, 5.74) is 2.95. The van der Waals surface area contributed by atoms with Gasteiger partial charge in [-0.05, 0) is 74.7 Å². The summed E-state index contributed by atoms with van der Waals surface area (Å²) in [6.07, 6.45) is 1.46. The van der Waals surface area contributed by atoms with Crippen LogP contribution in [0.3, 0.4) is 0 Å². The molecule has 28 heavy (non-hydrogen) atoms. The topological polar surface area (TPSA) is 75.7 Å². The van der Waals surface area contributed by atoms with Crippen LogP contribution in [0.5, 0.6) is 5.75 Å². The summed E-state index contributed by atoms with van der Waals surface area (Å²) < 4.78 is 31.7. The van der Waals surface area contributed by atoms with Crippen LogP contribution in [0.1, 0.15) is 31.4 Å². The van der Waals surface area contributed by atoms with Crippen LogP contribution in [0, 0.1) is 13.8 Å². The lowest BCUT2D eigenvalue weighted by Crippen LogP contribution is -2.47. The van der Waals surface area contributed by atoms with Gasteiger partial charge in [0.25, 0.3) is 0 Å². The number of rotatable bonds is 8. The van der Waals surface area contributed by atoms with Gasteiger partial charge in [0.2, 0.25) is 15.9 Å². The lowest BCUT2D eigenvalue weighted by molar-refractivity contribution is -0.117. The van der Waals surface area contributed by atoms with Crippen molar-refractivity contribution >= 4 is 27.3 Å². The summed E-state index contributed by atoms with van der Waals surface area (Å²) in [5.74, 6) is 0.330. The van der Waals surface area contributed by atoms with E-state index < -0.39 is 16.1 Å². The molecule has 1 amide bonds. The molecule has 0 unspecified atom stereocenters. The van der Waals surface area contributed by atoms with Crippen molar-refractivity contribution in [3.05, 3.63) is 53.6 Å². The van der Waals surface area contributed by atoms with Gasteiger partial charge in [0.05, 0.1) is 18.6 Å². The molecule has 0 saturated heterocycles. The SMILES string of the molecule is CCOc1ccc(NC(=O)[C@@H](CC)N(c2cc(C)cc(C)c2)S(C)(=O)=O)cc1. The first kappa shape index (κ1) is 21.8. The molecule has 152 valence electrons. The minimum absolute atomic E-state index is 0.336. The molecule has 7 heteroatoms. The van der Waals surface area contributed by atoms with E-state index in [1.807, 2.05) is 26.8 Å². The molecule has 6 nitrogen and oxygen atoms in total. The molecule has 2 rings (SSSR count). The molecule has 1 N–H and O–H groups in total. The Morgan fingerprint density at radius 2 is 1.64 bits per heavy atom. The highest BCUT2D eigenvalue weighted by atomic mass is 32.2. The standard InChI is InChI=1S/C21H28N2O4S/c1-6-20(21(24)22-17-8-10-19(11-9-17)27-7-2)23(28(5,25)26)18-13-15(3)12-16(4)14-18/h8-14,20H,6-7H2,1-5H3,(H,22,24)/t20-/m1/s1. The van der Waals surface area contributed by atoms with Gasteiger partial charge in [-0.3, -0.25) is 9.10 Å². The molecule has 0 fully saturated rings. The van der Waals surface area contributed by atoms with Gasteiger partial charge in [-0.15, -0.1) is 0 Å². The summed E-state index contributed by atoms with van der Waals surface area (Å²) in [4.78, 5) is 12.9. The Balaban J connectivity index is 2.33. The maximum Gasteiger partial charge on any atom is 0.248 e. The van der Waals surface area contributed by atoms with Gasteiger partial charge >= 0.3 is 0 Å². The summed E-state index contributed by atoms with van der Waals surface area (Å²) >= 11 is 0. The molecule has 2 aromatic rings. The summed E-state index contributed by atoms with van der Waals surface area (Å²) in [6, 6.07) is 11.7. The van der Waals surface area contributed by atoms with E-state index in [1.165, 1.54) is 4.31 Å². The second kappa shape index (κ2) is 9.10. The third-order valence-electron chi connectivity index (χ3n) is 4.22. The molecule has 0 spiro atoms. The predicted octanol–water partition coefficient (Wildman–Crippen LogP) is 3.89. The number of hydrogen-bond donors (Lipinski definition) is 1. The van der Waals surface area contributed by atoms with Crippen LogP contribution in [0.2, 0.25) is 0 Å². The number of nitrogens with one attached hydrogen (secondary N) is 1. The van der Waals surface area contributed by atoms with Gasteiger partial charge in [0.1, 0.15) is 11.8 Å². The number of aryl methyl sites for hydroxylation is 2. The van der Waals surface area contributed by atoms with Crippen LogP contribution < -0.4 is 14.4 Å². The zero-order valence-corrected chi connectivity index (χ0v) is 17.8. The first-order valence-electron chi connectivity index (χ1n) is 9.27. The monoisotopic (exact) mass is 404 g/mol. The van der Waals surface area contributed by atoms with E-state index in [0.717, 1.165) is 17.4 Å². The fourth-order valence-corrected chi connectivity index (χ4v) is 4.36. The Kier molecular flexibility index (Phi) is 7.07. The number of amides is 1. The molecule has 0 aliphatic rings. The van der Waals surface area contributed by atoms with Crippen molar-refractivity contribution < 1.29 is 17.9 Å². The highest BCUT2D eigenvalue weighted by Gasteiger charge is 2.31. The number of nitrogens with zero attached hydrogens (tertiary/aromatic N) is 1. The Morgan fingerprint density at radius 3 is 2.11 bits per heavy atom. The first-order chi connectivity index (χ1) is 13.2. The molecule has 0 aliphatic carbocycles. The fraction of sp³-hybridized carbons (Fsp3) is 0.381. The van der Waals surface area contributed by atoms with Crippen molar-refractivity contribution in [3.63, 3.8) is 0 Å². The van der Waals surface area contributed by atoms with E-state index in [1.54, 1.807) is 43.3 Å². The number of benzene rings is 2. The minimum atomic E-state index is -3.66. The number of carbonyl (C=O) groups is 1. The van der Waals surface area contributed by atoms with Crippen molar-refractivity contribution in [3.8, 4) is 5.75 Å². The van der Waals surface area contributed by atoms with Crippen LogP contribution in [-0.4, -0.2) is 33.2 Å². The molecular weight excluding hydrogens is 376 g/mol. The van der Waals surface area contributed by atoms with Gasteiger partial charge in [-0.2, -0.15) is 0 Å². The maximum atomic E-state index is 12.9. The molecule has 0 saturated carbocycles. The number of hydrogen-bond acceptors (Lipinski definition) is 4. The normalized spacial score (nSPS) is 12.3. The fourth-order valence-electron chi connectivity index (χ4n) is 3.16. The number of sulfonamides is 1. The van der Waals surface area contributed by atoms with Crippen molar-refractivity contribution in [2.45, 2.75) is 40.2 Å². The summed E-state index contributed by atoms with van der Waals surface area (Å²) in [5, 5.41) is 2.81. The van der Waals surface area contributed by atoms with E-state index in [0.29, 0.717) is 30.2 Å². The van der Waals surface area contributed by atoms with E-state index in [4.69, 9.17) is 4.74 Å². The zero-order valence-electron chi connectivity index (χ0n) is 17.0. The van der Waals surface area contributed by atoms with E-state index >= 15 is 0 Å². The molecule has 0 radical (unpaired) electrons. The third-order valence-corrected chi connectivity index (χ3v) is 5.40. The minimum Gasteiger partial charge on any atom is -0.494 e. The summed E-state index contributed by atoms with van der Waals surface area (Å²) in [6.45, 7) is 8.05. The third kappa shape index (κ3) is 5.48. The molecule has 0 aromatic heterocycles. The molecule has 2 aromatic carbocycles. The smallest absolute Gasteiger partial charge is 0.248 e. The largest absolute Gasteiger partial charge is 0.494 e. The molecule has 0 bridgehead atoms. The molecular formula is C21H28N2O4S. The first-order valence-corrected chi connectivity index (χ1v) is 11.1. The highest BCUT2D eigenvalue weighted by Crippen LogP contribution is 2.26. The lowest BCUT2D eigenvalue weighted by Gasteiger charge is -2.30.